The number of nitrogens with zero attached hydrogens (tertiary/aromatic N) is 5. The van der Waals surface area contributed by atoms with E-state index >= 15 is 0 Å². The highest BCUT2D eigenvalue weighted by atomic mass is 19.1. The lowest BCUT2D eigenvalue weighted by atomic mass is 9.66. The van der Waals surface area contributed by atoms with Crippen molar-refractivity contribution in [2.24, 2.45) is 5.41 Å². The Hall–Kier alpha value is -3.55. The van der Waals surface area contributed by atoms with Crippen molar-refractivity contribution in [2.75, 3.05) is 0 Å². The van der Waals surface area contributed by atoms with Gasteiger partial charge in [-0.25, -0.2) is 18.7 Å². The Labute approximate surface area is 189 Å². The number of benzene rings is 1. The number of hydrogen-bond acceptors (Lipinski definition) is 5. The van der Waals surface area contributed by atoms with Gasteiger partial charge in [-0.15, -0.1) is 5.10 Å². The van der Waals surface area contributed by atoms with E-state index in [1.54, 1.807) is 12.4 Å². The van der Waals surface area contributed by atoms with Crippen LogP contribution in [0.2, 0.25) is 0 Å². The van der Waals surface area contributed by atoms with Gasteiger partial charge >= 0.3 is 0 Å². The molecule has 2 aliphatic rings. The Morgan fingerprint density at radius 3 is 2.61 bits per heavy atom. The third kappa shape index (κ3) is 2.54. The number of H-pyrrole nitrogens is 1. The summed E-state index contributed by atoms with van der Waals surface area (Å²) in [5, 5.41) is 15.9. The van der Waals surface area contributed by atoms with E-state index in [0.717, 1.165) is 41.1 Å². The molecular weight excluding hydrogens is 422 g/mol. The van der Waals surface area contributed by atoms with Crippen LogP contribution in [0.25, 0.3) is 22.6 Å². The fraction of sp³-hybridized carbons (Fsp3) is 0.320. The first-order valence-electron chi connectivity index (χ1n) is 11.0. The normalized spacial score (nSPS) is 22.5. The lowest BCUT2D eigenvalue weighted by Crippen LogP contribution is -2.38. The van der Waals surface area contributed by atoms with Crippen molar-refractivity contribution >= 4 is 0 Å². The summed E-state index contributed by atoms with van der Waals surface area (Å²) < 4.78 is 28.9. The molecular formula is C25H22F2N6. The zero-order valence-electron chi connectivity index (χ0n) is 18.5. The summed E-state index contributed by atoms with van der Waals surface area (Å²) in [4.78, 5) is 9.45. The van der Waals surface area contributed by atoms with E-state index in [9.17, 15) is 8.78 Å². The van der Waals surface area contributed by atoms with E-state index in [0.29, 0.717) is 5.82 Å². The molecule has 4 aromatic rings. The molecule has 1 N–H and O–H groups in total. The van der Waals surface area contributed by atoms with Gasteiger partial charge in [-0.05, 0) is 60.9 Å². The van der Waals surface area contributed by atoms with Gasteiger partial charge in [0.1, 0.15) is 11.6 Å². The minimum atomic E-state index is -0.641. The average Bonchev–Trinajstić information content (AvgIpc) is 3.40. The highest BCUT2D eigenvalue weighted by Crippen LogP contribution is 2.69. The van der Waals surface area contributed by atoms with Crippen molar-refractivity contribution in [3.05, 3.63) is 77.0 Å². The molecule has 0 aliphatic heterocycles. The molecule has 6 rings (SSSR count). The third-order valence-corrected chi connectivity index (χ3v) is 7.77. The molecule has 3 aromatic heterocycles. The summed E-state index contributed by atoms with van der Waals surface area (Å²) in [6.45, 7) is 6.36. The van der Waals surface area contributed by atoms with Gasteiger partial charge in [-0.1, -0.05) is 19.9 Å². The van der Waals surface area contributed by atoms with Gasteiger partial charge in [0.25, 0.3) is 0 Å². The Balaban J connectivity index is 1.54. The number of rotatable bonds is 3. The number of aromatic nitrogens is 6. The predicted molar refractivity (Wildman–Crippen MR) is 118 cm³/mol. The van der Waals surface area contributed by atoms with Crippen molar-refractivity contribution in [2.45, 2.75) is 44.9 Å². The summed E-state index contributed by atoms with van der Waals surface area (Å²) in [6.07, 6.45) is 5.39. The Bertz CT molecular complexity index is 1390. The van der Waals surface area contributed by atoms with Gasteiger partial charge in [0, 0.05) is 12.4 Å². The van der Waals surface area contributed by atoms with Crippen molar-refractivity contribution < 1.29 is 8.78 Å². The van der Waals surface area contributed by atoms with Crippen LogP contribution < -0.4 is 0 Å². The largest absolute Gasteiger partial charge is 0.285 e. The number of fused-ring (bicyclic) bond motifs is 5. The van der Waals surface area contributed by atoms with Crippen molar-refractivity contribution in [1.82, 2.24) is 30.4 Å². The molecule has 166 valence electrons. The van der Waals surface area contributed by atoms with Gasteiger partial charge in [0.15, 0.2) is 5.82 Å². The molecule has 33 heavy (non-hydrogen) atoms. The van der Waals surface area contributed by atoms with Crippen molar-refractivity contribution in [3.63, 3.8) is 0 Å². The molecule has 0 amide bonds. The van der Waals surface area contributed by atoms with E-state index < -0.39 is 17.0 Å². The molecule has 1 fully saturated rings. The molecule has 2 bridgehead atoms. The van der Waals surface area contributed by atoms with Crippen LogP contribution in [0.15, 0.2) is 42.7 Å². The summed E-state index contributed by atoms with van der Waals surface area (Å²) in [7, 11) is 0. The van der Waals surface area contributed by atoms with E-state index in [2.05, 4.69) is 39.2 Å². The molecule has 8 heteroatoms. The Morgan fingerprint density at radius 2 is 1.88 bits per heavy atom. The maximum absolute atomic E-state index is 14.4. The zero-order valence-corrected chi connectivity index (χ0v) is 18.5. The summed E-state index contributed by atoms with van der Waals surface area (Å²) in [5.74, 6) is -0.487. The fourth-order valence-electron chi connectivity index (χ4n) is 6.07. The molecule has 6 nitrogen and oxygen atoms in total. The molecule has 0 saturated heterocycles. The second kappa shape index (κ2) is 6.73. The van der Waals surface area contributed by atoms with Gasteiger partial charge in [-0.3, -0.25) is 5.10 Å². The van der Waals surface area contributed by atoms with Crippen LogP contribution in [-0.4, -0.2) is 30.4 Å². The maximum atomic E-state index is 14.4. The van der Waals surface area contributed by atoms with Gasteiger partial charge < -0.3 is 0 Å². The number of nitrogens with one attached hydrogen (secondary N) is 1. The summed E-state index contributed by atoms with van der Waals surface area (Å²) in [6, 6.07) is 7.60. The van der Waals surface area contributed by atoms with Crippen LogP contribution in [0.5, 0.6) is 0 Å². The summed E-state index contributed by atoms with van der Waals surface area (Å²) >= 11 is 0. The monoisotopic (exact) mass is 444 g/mol. The minimum absolute atomic E-state index is 0.137. The van der Waals surface area contributed by atoms with Crippen LogP contribution in [0.1, 0.15) is 55.3 Å². The molecule has 0 radical (unpaired) electrons. The molecule has 0 unspecified atom stereocenters. The second-order valence-electron chi connectivity index (χ2n) is 9.50. The predicted octanol–water partition coefficient (Wildman–Crippen LogP) is 5.11. The van der Waals surface area contributed by atoms with Crippen LogP contribution >= 0.6 is 0 Å². The van der Waals surface area contributed by atoms with Gasteiger partial charge in [-0.2, -0.15) is 10.2 Å². The first-order chi connectivity index (χ1) is 15.8. The number of aryl methyl sites for hydroxylation is 1. The maximum Gasteiger partial charge on any atom is 0.162 e. The molecule has 2 atom stereocenters. The Kier molecular flexibility index (Phi) is 4.09. The molecule has 1 saturated carbocycles. The molecule has 0 spiro atoms. The van der Waals surface area contributed by atoms with Gasteiger partial charge in [0.2, 0.25) is 0 Å². The van der Waals surface area contributed by atoms with Crippen molar-refractivity contribution in [1.29, 1.82) is 0 Å². The lowest BCUT2D eigenvalue weighted by Gasteiger charge is -2.37. The first kappa shape index (κ1) is 20.1. The standard InChI is InChI=1S/C25H22F2N6/c1-13-15(12-29-31-13)23-28-10-8-20(30-23)25-9-7-16(24(25,2)3)14-11-19(32-33-22(14)25)21-17(26)5-4-6-18(21)27/h4-6,8,10-12,16H,7,9H2,1-3H3,(H,29,31)/t16-,25-/m0/s1. The van der Waals surface area contributed by atoms with Crippen LogP contribution in [0.4, 0.5) is 8.78 Å². The van der Waals surface area contributed by atoms with E-state index in [1.165, 1.54) is 18.2 Å². The average molecular weight is 444 g/mol. The van der Waals surface area contributed by atoms with Crippen LogP contribution in [-0.2, 0) is 5.41 Å². The highest BCUT2D eigenvalue weighted by Gasteiger charge is 2.65. The molecule has 1 aromatic carbocycles. The summed E-state index contributed by atoms with van der Waals surface area (Å²) in [5.41, 5.74) is 3.85. The van der Waals surface area contributed by atoms with E-state index in [1.807, 2.05) is 19.1 Å². The first-order valence-corrected chi connectivity index (χ1v) is 11.0. The SMILES string of the molecule is Cc1n[nH]cc1-c1nccc([C@@]23CC[C@@H](c4cc(-c5c(F)cccc5F)nnc42)C3(C)C)n1. The Morgan fingerprint density at radius 1 is 1.09 bits per heavy atom. The second-order valence-corrected chi connectivity index (χ2v) is 9.50. The van der Waals surface area contributed by atoms with Gasteiger partial charge in [0.05, 0.1) is 39.3 Å². The lowest BCUT2D eigenvalue weighted by molar-refractivity contribution is 0.243. The topological polar surface area (TPSA) is 80.2 Å². The number of hydrogen-bond donors (Lipinski definition) is 1. The third-order valence-electron chi connectivity index (χ3n) is 7.77. The quantitative estimate of drug-likeness (QED) is 0.475. The molecule has 2 aliphatic carbocycles. The number of aromatic amines is 1. The molecule has 3 heterocycles. The van der Waals surface area contributed by atoms with Crippen LogP contribution in [0.3, 0.4) is 0 Å². The highest BCUT2D eigenvalue weighted by molar-refractivity contribution is 5.64. The fourth-order valence-corrected chi connectivity index (χ4v) is 6.07. The number of halogens is 2. The zero-order chi connectivity index (χ0) is 23.0. The smallest absolute Gasteiger partial charge is 0.162 e. The minimum Gasteiger partial charge on any atom is -0.285 e. The van der Waals surface area contributed by atoms with Crippen LogP contribution in [0, 0.1) is 24.0 Å². The van der Waals surface area contributed by atoms with E-state index in [4.69, 9.17) is 4.98 Å². The van der Waals surface area contributed by atoms with Crippen molar-refractivity contribution in [3.8, 4) is 22.6 Å². The van der Waals surface area contributed by atoms with E-state index in [-0.39, 0.29) is 22.6 Å².